The molecular formula is C9H3Cl2FN2O2. The molecule has 1 aromatic rings. The smallest absolute Gasteiger partial charge is 0.339 e. The number of fused-ring (bicyclic) bond motifs is 1. The van der Waals surface area contributed by atoms with E-state index in [1.807, 2.05) is 0 Å². The van der Waals surface area contributed by atoms with Crippen molar-refractivity contribution in [1.29, 1.82) is 0 Å². The summed E-state index contributed by atoms with van der Waals surface area (Å²) in [6.45, 7) is 6.71. The largest absolute Gasteiger partial charge is 0.448 e. The number of ether oxygens (including phenoxy) is 1. The van der Waals surface area contributed by atoms with Gasteiger partial charge in [-0.1, -0.05) is 0 Å². The molecular weight excluding hydrogens is 258 g/mol. The molecule has 0 spiro atoms. The van der Waals surface area contributed by atoms with E-state index in [1.165, 1.54) is 0 Å². The van der Waals surface area contributed by atoms with E-state index in [2.05, 4.69) is 10.2 Å². The van der Waals surface area contributed by atoms with E-state index in [1.54, 1.807) is 0 Å². The summed E-state index contributed by atoms with van der Waals surface area (Å²) in [5.41, 5.74) is -0.0615. The quantitative estimate of drug-likeness (QED) is 0.576. The molecule has 0 fully saturated rings. The van der Waals surface area contributed by atoms with Gasteiger partial charge >= 0.3 is 10.4 Å². The monoisotopic (exact) mass is 260 g/mol. The van der Waals surface area contributed by atoms with Crippen LogP contribution in [0.1, 0.15) is 0 Å². The molecule has 0 atom stereocenters. The fraction of sp³-hybridized carbons (Fsp3) is 0.111. The SMILES string of the molecule is [C-]#[N+]c1cc2c(cc1F)OC(Cl)(Cl)C(=O)N2. The maximum atomic E-state index is 13.2. The van der Waals surface area contributed by atoms with Gasteiger partial charge in [0.25, 0.3) is 0 Å². The van der Waals surface area contributed by atoms with Crippen LogP contribution in [0.3, 0.4) is 0 Å². The molecule has 1 aliphatic heterocycles. The Hall–Kier alpha value is -1.51. The van der Waals surface area contributed by atoms with Gasteiger partial charge in [0, 0.05) is 6.07 Å². The van der Waals surface area contributed by atoms with Gasteiger partial charge in [-0.05, 0) is 29.3 Å². The van der Waals surface area contributed by atoms with E-state index >= 15 is 0 Å². The summed E-state index contributed by atoms with van der Waals surface area (Å²) in [4.78, 5) is 14.2. The highest BCUT2D eigenvalue weighted by atomic mass is 35.5. The molecule has 0 bridgehead atoms. The van der Waals surface area contributed by atoms with Gasteiger partial charge in [-0.3, -0.25) is 4.79 Å². The Morgan fingerprint density at radius 1 is 1.50 bits per heavy atom. The maximum absolute atomic E-state index is 13.2. The molecule has 0 radical (unpaired) electrons. The van der Waals surface area contributed by atoms with E-state index in [0.717, 1.165) is 12.1 Å². The normalized spacial score (nSPS) is 16.8. The summed E-state index contributed by atoms with van der Waals surface area (Å²) >= 11 is 11.0. The molecule has 82 valence electrons. The zero-order valence-corrected chi connectivity index (χ0v) is 9.06. The molecule has 0 saturated heterocycles. The first kappa shape index (κ1) is 11.0. The van der Waals surface area contributed by atoms with E-state index in [0.29, 0.717) is 0 Å². The van der Waals surface area contributed by atoms with Crippen molar-refractivity contribution in [2.45, 2.75) is 4.52 Å². The van der Waals surface area contributed by atoms with Gasteiger partial charge in [-0.25, -0.2) is 9.24 Å². The number of nitrogens with zero attached hydrogens (tertiary/aromatic N) is 1. The molecule has 4 nitrogen and oxygen atoms in total. The molecule has 2 rings (SSSR count). The third kappa shape index (κ3) is 1.66. The van der Waals surface area contributed by atoms with Crippen molar-refractivity contribution < 1.29 is 13.9 Å². The second-order valence-corrected chi connectivity index (χ2v) is 4.24. The maximum Gasteiger partial charge on any atom is 0.339 e. The predicted molar refractivity (Wildman–Crippen MR) is 56.4 cm³/mol. The number of alkyl halides is 2. The second-order valence-electron chi connectivity index (χ2n) is 2.98. The van der Waals surface area contributed by atoms with Crippen molar-refractivity contribution in [2.75, 3.05) is 5.32 Å². The lowest BCUT2D eigenvalue weighted by atomic mass is 10.2. The third-order valence-corrected chi connectivity index (χ3v) is 2.42. The molecule has 0 aliphatic carbocycles. The number of hydrogen-bond acceptors (Lipinski definition) is 2. The molecule has 1 heterocycles. The van der Waals surface area contributed by atoms with Crippen LogP contribution in [0.25, 0.3) is 4.85 Å². The Bertz CT molecular complexity index is 525. The molecule has 0 aromatic heterocycles. The van der Waals surface area contributed by atoms with Gasteiger partial charge < -0.3 is 10.1 Å². The fourth-order valence-electron chi connectivity index (χ4n) is 1.19. The number of rotatable bonds is 0. The summed E-state index contributed by atoms with van der Waals surface area (Å²) < 4.78 is 16.0. The summed E-state index contributed by atoms with van der Waals surface area (Å²) in [5, 5.41) is 2.31. The van der Waals surface area contributed by atoms with Crippen molar-refractivity contribution in [3.05, 3.63) is 29.4 Å². The molecule has 7 heteroatoms. The lowest BCUT2D eigenvalue weighted by molar-refractivity contribution is -0.122. The molecule has 1 N–H and O–H groups in total. The van der Waals surface area contributed by atoms with E-state index < -0.39 is 16.2 Å². The van der Waals surface area contributed by atoms with Gasteiger partial charge in [-0.2, -0.15) is 0 Å². The standard InChI is InChI=1S/C9H3Cl2FN2O2/c1-13-5-3-6-7(2-4(5)12)16-9(10,11)8(15)14-6/h2-3H,(H,14,15). The molecule has 0 unspecified atom stereocenters. The van der Waals surface area contributed by atoms with Crippen molar-refractivity contribution in [2.24, 2.45) is 0 Å². The lowest BCUT2D eigenvalue weighted by Crippen LogP contribution is -2.41. The average molecular weight is 261 g/mol. The Balaban J connectivity index is 2.54. The highest BCUT2D eigenvalue weighted by Gasteiger charge is 2.41. The first-order valence-corrected chi connectivity index (χ1v) is 4.79. The first-order valence-electron chi connectivity index (χ1n) is 4.03. The fourth-order valence-corrected chi connectivity index (χ4v) is 1.45. The number of amides is 1. The molecule has 16 heavy (non-hydrogen) atoms. The minimum absolute atomic E-state index is 0.0190. The highest BCUT2D eigenvalue weighted by Crippen LogP contribution is 2.40. The van der Waals surface area contributed by atoms with Crippen LogP contribution in [0.5, 0.6) is 5.75 Å². The van der Waals surface area contributed by atoms with Crippen LogP contribution in [0.2, 0.25) is 0 Å². The van der Waals surface area contributed by atoms with Gasteiger partial charge in [0.05, 0.1) is 12.3 Å². The number of anilines is 1. The Morgan fingerprint density at radius 2 is 2.19 bits per heavy atom. The van der Waals surface area contributed by atoms with Gasteiger partial charge in [-0.15, -0.1) is 0 Å². The summed E-state index contributed by atoms with van der Waals surface area (Å²) in [6, 6.07) is 2.10. The zero-order valence-electron chi connectivity index (χ0n) is 7.55. The molecule has 1 aromatic carbocycles. The number of carbonyl (C=O) groups excluding carboxylic acids is 1. The van der Waals surface area contributed by atoms with Crippen LogP contribution in [0.4, 0.5) is 15.8 Å². The van der Waals surface area contributed by atoms with Gasteiger partial charge in [0.15, 0.2) is 0 Å². The molecule has 0 saturated carbocycles. The number of benzene rings is 1. The number of carbonyl (C=O) groups is 1. The number of hydrogen-bond donors (Lipinski definition) is 1. The Labute approximate surface area is 99.7 Å². The Kier molecular flexibility index (Phi) is 2.41. The van der Waals surface area contributed by atoms with E-state index in [4.69, 9.17) is 34.5 Å². The van der Waals surface area contributed by atoms with Crippen LogP contribution in [0.15, 0.2) is 12.1 Å². The minimum Gasteiger partial charge on any atom is -0.448 e. The van der Waals surface area contributed by atoms with Crippen molar-refractivity contribution in [3.63, 3.8) is 0 Å². The van der Waals surface area contributed by atoms with Crippen LogP contribution in [0, 0.1) is 12.4 Å². The van der Waals surface area contributed by atoms with Gasteiger partial charge in [0.2, 0.25) is 5.69 Å². The number of halogens is 3. The second kappa shape index (κ2) is 3.51. The topological polar surface area (TPSA) is 42.7 Å². The highest BCUT2D eigenvalue weighted by molar-refractivity contribution is 6.58. The van der Waals surface area contributed by atoms with Crippen LogP contribution in [-0.4, -0.2) is 10.4 Å². The summed E-state index contributed by atoms with van der Waals surface area (Å²) in [6.07, 6.45) is 0. The summed E-state index contributed by atoms with van der Waals surface area (Å²) in [7, 11) is 0. The predicted octanol–water partition coefficient (Wildman–Crippen LogP) is 2.84. The van der Waals surface area contributed by atoms with Crippen LogP contribution < -0.4 is 10.1 Å². The third-order valence-electron chi connectivity index (χ3n) is 1.92. The lowest BCUT2D eigenvalue weighted by Gasteiger charge is -2.27. The zero-order chi connectivity index (χ0) is 11.9. The Morgan fingerprint density at radius 3 is 2.81 bits per heavy atom. The molecule has 1 aliphatic rings. The summed E-state index contributed by atoms with van der Waals surface area (Å²) in [5.74, 6) is -1.57. The van der Waals surface area contributed by atoms with Crippen molar-refractivity contribution in [1.82, 2.24) is 0 Å². The van der Waals surface area contributed by atoms with Crippen molar-refractivity contribution >= 4 is 40.5 Å². The van der Waals surface area contributed by atoms with E-state index in [-0.39, 0.29) is 17.1 Å². The van der Waals surface area contributed by atoms with Crippen molar-refractivity contribution in [3.8, 4) is 5.75 Å². The van der Waals surface area contributed by atoms with Crippen LogP contribution in [-0.2, 0) is 4.79 Å². The average Bonchev–Trinajstić information content (AvgIpc) is 2.19. The first-order chi connectivity index (χ1) is 7.44. The van der Waals surface area contributed by atoms with Crippen LogP contribution >= 0.6 is 23.2 Å². The van der Waals surface area contributed by atoms with E-state index in [9.17, 15) is 9.18 Å². The van der Waals surface area contributed by atoms with Gasteiger partial charge in [0.1, 0.15) is 11.6 Å². The molecule has 1 amide bonds. The number of nitrogens with one attached hydrogen (secondary N) is 1. The minimum atomic E-state index is -2.08.